The third-order valence-electron chi connectivity index (χ3n) is 3.70. The van der Waals surface area contributed by atoms with Crippen molar-refractivity contribution in [1.82, 2.24) is 4.90 Å². The molecule has 1 N–H and O–H groups in total. The Morgan fingerprint density at radius 1 is 1.16 bits per heavy atom. The van der Waals surface area contributed by atoms with Crippen LogP contribution >= 0.6 is 34.4 Å². The van der Waals surface area contributed by atoms with Crippen LogP contribution in [-0.4, -0.2) is 34.4 Å². The van der Waals surface area contributed by atoms with Crippen LogP contribution in [0.1, 0.15) is 10.4 Å². The first-order chi connectivity index (χ1) is 12.0. The number of thioether (sulfide) groups is 1. The predicted molar refractivity (Wildman–Crippen MR) is 101 cm³/mol. The molecule has 1 unspecified atom stereocenters. The number of nitrogens with zero attached hydrogens (tertiary/aromatic N) is 1. The molecule has 2 amide bonds. The number of hydrogen-bond donors (Lipinski definition) is 1. The largest absolute Gasteiger partial charge is 0.324 e. The highest BCUT2D eigenvalue weighted by atomic mass is 127. The van der Waals surface area contributed by atoms with Gasteiger partial charge in [0.1, 0.15) is 17.7 Å². The molecule has 1 fully saturated rings. The highest BCUT2D eigenvalue weighted by Gasteiger charge is 2.35. The third kappa shape index (κ3) is 4.12. The van der Waals surface area contributed by atoms with Gasteiger partial charge in [-0.05, 0) is 59.0 Å². The van der Waals surface area contributed by atoms with E-state index in [4.69, 9.17) is 0 Å². The number of halogens is 3. The number of amides is 2. The molecule has 0 spiro atoms. The molecule has 8 heteroatoms. The lowest BCUT2D eigenvalue weighted by Gasteiger charge is -2.23. The molecule has 130 valence electrons. The van der Waals surface area contributed by atoms with E-state index in [2.05, 4.69) is 5.32 Å². The SMILES string of the molecule is O=C(Nc1cccc(F)c1)C1CSCN1C(=O)c1cc(F)ccc1I. The summed E-state index contributed by atoms with van der Waals surface area (Å²) in [5.41, 5.74) is 0.557. The van der Waals surface area contributed by atoms with Crippen molar-refractivity contribution in [2.45, 2.75) is 6.04 Å². The van der Waals surface area contributed by atoms with Crippen molar-refractivity contribution >= 4 is 51.9 Å². The molecule has 25 heavy (non-hydrogen) atoms. The second-order valence-electron chi connectivity index (χ2n) is 5.41. The van der Waals surface area contributed by atoms with Gasteiger partial charge < -0.3 is 10.2 Å². The Morgan fingerprint density at radius 3 is 2.68 bits per heavy atom. The van der Waals surface area contributed by atoms with Crippen molar-refractivity contribution < 1.29 is 18.4 Å². The lowest BCUT2D eigenvalue weighted by molar-refractivity contribution is -0.119. The number of carbonyl (C=O) groups is 2. The van der Waals surface area contributed by atoms with Crippen molar-refractivity contribution in [3.05, 3.63) is 63.2 Å². The molecule has 3 rings (SSSR count). The van der Waals surface area contributed by atoms with Crippen molar-refractivity contribution in [1.29, 1.82) is 0 Å². The van der Waals surface area contributed by atoms with Gasteiger partial charge in [-0.2, -0.15) is 0 Å². The van der Waals surface area contributed by atoms with Crippen molar-refractivity contribution in [2.75, 3.05) is 16.9 Å². The average Bonchev–Trinajstić information content (AvgIpc) is 3.06. The monoisotopic (exact) mass is 474 g/mol. The van der Waals surface area contributed by atoms with E-state index in [1.807, 2.05) is 22.6 Å². The number of carbonyl (C=O) groups excluding carboxylic acids is 2. The Bertz CT molecular complexity index is 834. The number of nitrogens with one attached hydrogen (secondary N) is 1. The summed E-state index contributed by atoms with van der Waals surface area (Å²) in [7, 11) is 0. The van der Waals surface area contributed by atoms with Gasteiger partial charge in [0.2, 0.25) is 5.91 Å². The van der Waals surface area contributed by atoms with Crippen LogP contribution < -0.4 is 5.32 Å². The zero-order chi connectivity index (χ0) is 18.0. The summed E-state index contributed by atoms with van der Waals surface area (Å²) in [5.74, 6) is -0.980. The van der Waals surface area contributed by atoms with Gasteiger partial charge in [-0.3, -0.25) is 9.59 Å². The molecule has 1 atom stereocenters. The lowest BCUT2D eigenvalue weighted by atomic mass is 10.1. The Hall–Kier alpha value is -1.68. The molecular weight excluding hydrogens is 461 g/mol. The fourth-order valence-corrected chi connectivity index (χ4v) is 4.19. The van der Waals surface area contributed by atoms with E-state index in [1.165, 1.54) is 53.1 Å². The van der Waals surface area contributed by atoms with Crippen LogP contribution in [0.15, 0.2) is 42.5 Å². The standard InChI is InChI=1S/C17H13F2IN2O2S/c18-10-2-1-3-12(6-10)21-16(23)15-8-25-9-22(15)17(24)13-7-11(19)4-5-14(13)20/h1-7,15H,8-9H2,(H,21,23). The first kappa shape index (κ1) is 18.1. The van der Waals surface area contributed by atoms with Gasteiger partial charge in [-0.1, -0.05) is 6.07 Å². The van der Waals surface area contributed by atoms with Crippen LogP contribution in [0.25, 0.3) is 0 Å². The Labute approximate surface area is 161 Å². The van der Waals surface area contributed by atoms with Crippen molar-refractivity contribution in [3.8, 4) is 0 Å². The molecule has 0 aliphatic carbocycles. The van der Waals surface area contributed by atoms with Crippen LogP contribution in [0, 0.1) is 15.2 Å². The fourth-order valence-electron chi connectivity index (χ4n) is 2.47. The van der Waals surface area contributed by atoms with Crippen LogP contribution in [0.5, 0.6) is 0 Å². The number of anilines is 1. The zero-order valence-corrected chi connectivity index (χ0v) is 15.8. The van der Waals surface area contributed by atoms with Gasteiger partial charge in [0.05, 0.1) is 11.4 Å². The Kier molecular flexibility index (Phi) is 5.57. The summed E-state index contributed by atoms with van der Waals surface area (Å²) >= 11 is 3.40. The number of hydrogen-bond acceptors (Lipinski definition) is 3. The number of benzene rings is 2. The van der Waals surface area contributed by atoms with Gasteiger partial charge in [-0.25, -0.2) is 8.78 Å². The first-order valence-electron chi connectivity index (χ1n) is 7.36. The van der Waals surface area contributed by atoms with E-state index >= 15 is 0 Å². The second kappa shape index (κ2) is 7.69. The Morgan fingerprint density at radius 2 is 1.92 bits per heavy atom. The Balaban J connectivity index is 1.79. The molecular formula is C17H13F2IN2O2S. The minimum atomic E-state index is -0.695. The molecule has 1 aliphatic rings. The molecule has 0 radical (unpaired) electrons. The molecule has 0 saturated carbocycles. The fraction of sp³-hybridized carbons (Fsp3) is 0.176. The maximum atomic E-state index is 13.5. The molecule has 1 heterocycles. The number of rotatable bonds is 3. The zero-order valence-electron chi connectivity index (χ0n) is 12.8. The van der Waals surface area contributed by atoms with Gasteiger partial charge in [0, 0.05) is 15.0 Å². The van der Waals surface area contributed by atoms with E-state index in [9.17, 15) is 18.4 Å². The highest BCUT2D eigenvalue weighted by molar-refractivity contribution is 14.1. The van der Waals surface area contributed by atoms with E-state index in [0.29, 0.717) is 20.9 Å². The van der Waals surface area contributed by atoms with Crippen molar-refractivity contribution in [2.24, 2.45) is 0 Å². The summed E-state index contributed by atoms with van der Waals surface area (Å²) in [6, 6.07) is 8.84. The van der Waals surface area contributed by atoms with E-state index in [1.54, 1.807) is 6.07 Å². The summed E-state index contributed by atoms with van der Waals surface area (Å²) in [5, 5.41) is 2.62. The second-order valence-corrected chi connectivity index (χ2v) is 7.58. The summed E-state index contributed by atoms with van der Waals surface area (Å²) in [6.07, 6.45) is 0. The first-order valence-corrected chi connectivity index (χ1v) is 9.59. The van der Waals surface area contributed by atoms with Gasteiger partial charge in [0.25, 0.3) is 5.91 Å². The molecule has 2 aromatic rings. The van der Waals surface area contributed by atoms with Gasteiger partial charge in [0.15, 0.2) is 0 Å². The van der Waals surface area contributed by atoms with E-state index in [-0.39, 0.29) is 5.56 Å². The predicted octanol–water partition coefficient (Wildman–Crippen LogP) is 3.72. The third-order valence-corrected chi connectivity index (χ3v) is 5.65. The van der Waals surface area contributed by atoms with Crippen LogP contribution in [0.3, 0.4) is 0 Å². The van der Waals surface area contributed by atoms with Crippen LogP contribution in [0.2, 0.25) is 0 Å². The average molecular weight is 474 g/mol. The molecule has 1 aliphatic heterocycles. The summed E-state index contributed by atoms with van der Waals surface area (Å²) in [6.45, 7) is 0. The van der Waals surface area contributed by atoms with Gasteiger partial charge in [-0.15, -0.1) is 11.8 Å². The van der Waals surface area contributed by atoms with Crippen LogP contribution in [0.4, 0.5) is 14.5 Å². The minimum Gasteiger partial charge on any atom is -0.324 e. The maximum absolute atomic E-state index is 13.5. The van der Waals surface area contributed by atoms with Gasteiger partial charge >= 0.3 is 0 Å². The lowest BCUT2D eigenvalue weighted by Crippen LogP contribution is -2.44. The molecule has 4 nitrogen and oxygen atoms in total. The van der Waals surface area contributed by atoms with Crippen LogP contribution in [-0.2, 0) is 4.79 Å². The topological polar surface area (TPSA) is 49.4 Å². The minimum absolute atomic E-state index is 0.228. The molecule has 1 saturated heterocycles. The molecule has 0 bridgehead atoms. The van der Waals surface area contributed by atoms with E-state index in [0.717, 1.165) is 0 Å². The quantitative estimate of drug-likeness (QED) is 0.691. The highest BCUT2D eigenvalue weighted by Crippen LogP contribution is 2.26. The normalized spacial score (nSPS) is 16.8. The molecule has 2 aromatic carbocycles. The smallest absolute Gasteiger partial charge is 0.256 e. The molecule has 0 aromatic heterocycles. The summed E-state index contributed by atoms with van der Waals surface area (Å²) < 4.78 is 27.3. The van der Waals surface area contributed by atoms with E-state index < -0.39 is 29.5 Å². The summed E-state index contributed by atoms with van der Waals surface area (Å²) in [4.78, 5) is 26.7. The maximum Gasteiger partial charge on any atom is 0.256 e. The van der Waals surface area contributed by atoms with Crippen molar-refractivity contribution in [3.63, 3.8) is 0 Å².